The van der Waals surface area contributed by atoms with Crippen molar-refractivity contribution >= 4 is 5.97 Å². The van der Waals surface area contributed by atoms with Crippen molar-refractivity contribution in [3.05, 3.63) is 65.2 Å². The molecule has 0 aliphatic heterocycles. The monoisotopic (exact) mass is 347 g/mol. The fourth-order valence-corrected chi connectivity index (χ4v) is 3.85. The summed E-state index contributed by atoms with van der Waals surface area (Å²) in [5.74, 6) is 1.60. The predicted octanol–water partition coefficient (Wildman–Crippen LogP) is 5.85. The molecule has 3 heteroatoms. The zero-order valence-corrected chi connectivity index (χ0v) is 15.3. The van der Waals surface area contributed by atoms with Gasteiger partial charge >= 0.3 is 5.97 Å². The van der Waals surface area contributed by atoms with Crippen molar-refractivity contribution in [2.75, 3.05) is 0 Å². The second-order valence-corrected chi connectivity index (χ2v) is 7.15. The summed E-state index contributed by atoms with van der Waals surface area (Å²) in [5, 5.41) is 8.81. The molecule has 0 amide bonds. The quantitative estimate of drug-likeness (QED) is 0.503. The molecular formula is C23H25NO2. The molecule has 0 aromatic heterocycles. The molecule has 1 fully saturated rings. The highest BCUT2D eigenvalue weighted by molar-refractivity contribution is 5.91. The van der Waals surface area contributed by atoms with Crippen LogP contribution in [0.1, 0.15) is 72.9 Å². The first-order valence-corrected chi connectivity index (χ1v) is 9.52. The number of rotatable bonds is 5. The summed E-state index contributed by atoms with van der Waals surface area (Å²) in [7, 11) is 0. The smallest absolute Gasteiger partial charge is 0.343 e. The molecule has 0 saturated heterocycles. The van der Waals surface area contributed by atoms with E-state index >= 15 is 0 Å². The average molecular weight is 347 g/mol. The van der Waals surface area contributed by atoms with Gasteiger partial charge in [0, 0.05) is 0 Å². The van der Waals surface area contributed by atoms with Crippen LogP contribution in [0.4, 0.5) is 0 Å². The van der Waals surface area contributed by atoms with Crippen LogP contribution in [0.25, 0.3) is 0 Å². The highest BCUT2D eigenvalue weighted by atomic mass is 16.5. The molecule has 26 heavy (non-hydrogen) atoms. The summed E-state index contributed by atoms with van der Waals surface area (Å²) in [6.45, 7) is 2.27. The van der Waals surface area contributed by atoms with Gasteiger partial charge < -0.3 is 4.74 Å². The van der Waals surface area contributed by atoms with E-state index in [9.17, 15) is 4.79 Å². The Kier molecular flexibility index (Phi) is 6.07. The summed E-state index contributed by atoms with van der Waals surface area (Å²) < 4.78 is 5.38. The van der Waals surface area contributed by atoms with Crippen molar-refractivity contribution in [3.63, 3.8) is 0 Å². The van der Waals surface area contributed by atoms with E-state index in [-0.39, 0.29) is 5.97 Å². The number of ether oxygens (including phenoxy) is 1. The molecule has 0 radical (unpaired) electrons. The molecule has 1 aliphatic carbocycles. The van der Waals surface area contributed by atoms with Crippen LogP contribution in [0, 0.1) is 17.2 Å². The SMILES string of the molecule is CCC[C@H]1CC[C@H](c2ccc(C(=O)Oc3ccc(C#N)cc3)cc2)CC1. The standard InChI is InChI=1S/C23H25NO2/c1-2-3-17-4-8-19(9-5-17)20-10-12-21(13-11-20)23(25)26-22-14-6-18(16-24)7-15-22/h6-7,10-15,17,19H,2-5,8-9H2,1H3/t17-,19-. The lowest BCUT2D eigenvalue weighted by atomic mass is 9.77. The minimum atomic E-state index is -0.368. The molecule has 1 aliphatic rings. The topological polar surface area (TPSA) is 50.1 Å². The molecule has 1 saturated carbocycles. The van der Waals surface area contributed by atoms with Crippen LogP contribution in [0.5, 0.6) is 5.75 Å². The van der Waals surface area contributed by atoms with E-state index in [0.717, 1.165) is 5.92 Å². The van der Waals surface area contributed by atoms with Crippen molar-refractivity contribution in [2.24, 2.45) is 5.92 Å². The van der Waals surface area contributed by atoms with Crippen molar-refractivity contribution in [1.29, 1.82) is 5.26 Å². The molecule has 0 bridgehead atoms. The van der Waals surface area contributed by atoms with Crippen molar-refractivity contribution < 1.29 is 9.53 Å². The van der Waals surface area contributed by atoms with E-state index in [4.69, 9.17) is 10.00 Å². The second-order valence-electron chi connectivity index (χ2n) is 7.15. The number of benzene rings is 2. The third kappa shape index (κ3) is 4.52. The Morgan fingerprint density at radius 3 is 2.27 bits per heavy atom. The maximum atomic E-state index is 12.3. The van der Waals surface area contributed by atoms with Crippen LogP contribution < -0.4 is 4.74 Å². The first-order valence-electron chi connectivity index (χ1n) is 9.52. The number of nitriles is 1. The Balaban J connectivity index is 1.58. The van der Waals surface area contributed by atoms with Gasteiger partial charge in [0.05, 0.1) is 17.2 Å². The zero-order valence-electron chi connectivity index (χ0n) is 15.3. The molecule has 0 atom stereocenters. The lowest BCUT2D eigenvalue weighted by molar-refractivity contribution is 0.0734. The molecule has 0 spiro atoms. The summed E-state index contributed by atoms with van der Waals surface area (Å²) in [5.41, 5.74) is 2.43. The van der Waals surface area contributed by atoms with E-state index in [1.165, 1.54) is 44.1 Å². The number of carbonyl (C=O) groups is 1. The molecule has 0 heterocycles. The second kappa shape index (κ2) is 8.67. The van der Waals surface area contributed by atoms with Gasteiger partial charge in [0.15, 0.2) is 0 Å². The molecule has 0 unspecified atom stereocenters. The van der Waals surface area contributed by atoms with Gasteiger partial charge in [0.25, 0.3) is 0 Å². The lowest BCUT2D eigenvalue weighted by Crippen LogP contribution is -2.13. The van der Waals surface area contributed by atoms with Gasteiger partial charge in [-0.05, 0) is 79.5 Å². The first kappa shape index (κ1) is 18.2. The minimum Gasteiger partial charge on any atom is -0.423 e. The van der Waals surface area contributed by atoms with E-state index in [1.807, 2.05) is 18.2 Å². The largest absolute Gasteiger partial charge is 0.423 e. The number of esters is 1. The maximum absolute atomic E-state index is 12.3. The van der Waals surface area contributed by atoms with Crippen LogP contribution in [-0.2, 0) is 0 Å². The fourth-order valence-electron chi connectivity index (χ4n) is 3.85. The first-order chi connectivity index (χ1) is 12.7. The third-order valence-electron chi connectivity index (χ3n) is 5.36. The highest BCUT2D eigenvalue weighted by Gasteiger charge is 2.22. The molecule has 134 valence electrons. The Labute approximate surface area is 155 Å². The Hall–Kier alpha value is -2.60. The van der Waals surface area contributed by atoms with Crippen LogP contribution in [-0.4, -0.2) is 5.97 Å². The Morgan fingerprint density at radius 2 is 1.69 bits per heavy atom. The van der Waals surface area contributed by atoms with Crippen LogP contribution in [0.2, 0.25) is 0 Å². The molecule has 2 aromatic rings. The van der Waals surface area contributed by atoms with Crippen molar-refractivity contribution in [3.8, 4) is 11.8 Å². The molecule has 3 nitrogen and oxygen atoms in total. The Morgan fingerprint density at radius 1 is 1.04 bits per heavy atom. The number of hydrogen-bond donors (Lipinski definition) is 0. The maximum Gasteiger partial charge on any atom is 0.343 e. The summed E-state index contributed by atoms with van der Waals surface area (Å²) in [4.78, 5) is 12.3. The fraction of sp³-hybridized carbons (Fsp3) is 0.391. The number of nitrogens with zero attached hydrogens (tertiary/aromatic N) is 1. The van der Waals surface area contributed by atoms with Crippen LogP contribution in [0.3, 0.4) is 0 Å². The van der Waals surface area contributed by atoms with E-state index in [0.29, 0.717) is 22.8 Å². The number of hydrogen-bond acceptors (Lipinski definition) is 3. The molecule has 0 N–H and O–H groups in total. The van der Waals surface area contributed by atoms with Gasteiger partial charge in [-0.2, -0.15) is 5.26 Å². The van der Waals surface area contributed by atoms with Crippen molar-refractivity contribution in [1.82, 2.24) is 0 Å². The van der Waals surface area contributed by atoms with Crippen LogP contribution >= 0.6 is 0 Å². The van der Waals surface area contributed by atoms with Gasteiger partial charge in [0.2, 0.25) is 0 Å². The highest BCUT2D eigenvalue weighted by Crippen LogP contribution is 2.37. The molecule has 3 rings (SSSR count). The predicted molar refractivity (Wildman–Crippen MR) is 102 cm³/mol. The van der Waals surface area contributed by atoms with Gasteiger partial charge in [-0.15, -0.1) is 0 Å². The summed E-state index contributed by atoms with van der Waals surface area (Å²) >= 11 is 0. The molecular weight excluding hydrogens is 322 g/mol. The lowest BCUT2D eigenvalue weighted by Gasteiger charge is -2.28. The van der Waals surface area contributed by atoms with Crippen molar-refractivity contribution in [2.45, 2.75) is 51.4 Å². The summed E-state index contributed by atoms with van der Waals surface area (Å²) in [6, 6.07) is 16.5. The molecule has 2 aromatic carbocycles. The van der Waals surface area contributed by atoms with Crippen LogP contribution in [0.15, 0.2) is 48.5 Å². The Bertz CT molecular complexity index is 763. The average Bonchev–Trinajstić information content (AvgIpc) is 2.69. The summed E-state index contributed by atoms with van der Waals surface area (Å²) in [6.07, 6.45) is 7.78. The van der Waals surface area contributed by atoms with E-state index in [2.05, 4.69) is 19.1 Å². The normalized spacial score (nSPS) is 19.5. The van der Waals surface area contributed by atoms with Gasteiger partial charge in [-0.1, -0.05) is 31.9 Å². The van der Waals surface area contributed by atoms with E-state index < -0.39 is 0 Å². The number of carbonyl (C=O) groups excluding carboxylic acids is 1. The van der Waals surface area contributed by atoms with Gasteiger partial charge in [-0.3, -0.25) is 0 Å². The van der Waals surface area contributed by atoms with Gasteiger partial charge in [-0.25, -0.2) is 4.79 Å². The third-order valence-corrected chi connectivity index (χ3v) is 5.36. The minimum absolute atomic E-state index is 0.368. The zero-order chi connectivity index (χ0) is 18.4. The van der Waals surface area contributed by atoms with Gasteiger partial charge in [0.1, 0.15) is 5.75 Å². The van der Waals surface area contributed by atoms with E-state index in [1.54, 1.807) is 24.3 Å².